The molecule has 1 aliphatic rings. The maximum atomic E-state index is 12.0. The number of nitrogens with two attached hydrogens (primary N) is 1. The van der Waals surface area contributed by atoms with Gasteiger partial charge in [-0.25, -0.2) is 13.6 Å². The van der Waals surface area contributed by atoms with Crippen LogP contribution in [0.15, 0.2) is 47.4 Å². The third-order valence-corrected chi connectivity index (χ3v) is 4.47. The quantitative estimate of drug-likeness (QED) is 0.854. The Hall–Kier alpha value is -2.58. The van der Waals surface area contributed by atoms with Crippen LogP contribution in [0.5, 0.6) is 11.5 Å². The number of rotatable bonds is 5. The Morgan fingerprint density at radius 3 is 2.50 bits per heavy atom. The third-order valence-electron chi connectivity index (χ3n) is 3.54. The molecule has 2 aromatic carbocycles. The van der Waals surface area contributed by atoms with Crippen LogP contribution in [0.4, 0.5) is 5.69 Å². The van der Waals surface area contributed by atoms with Crippen LogP contribution in [-0.2, 0) is 21.2 Å². The van der Waals surface area contributed by atoms with E-state index in [0.29, 0.717) is 23.6 Å². The van der Waals surface area contributed by atoms with Crippen molar-refractivity contribution in [3.05, 3.63) is 48.0 Å². The Balaban J connectivity index is 1.56. The number of hydrogen-bond donors (Lipinski definition) is 2. The topological polar surface area (TPSA) is 108 Å². The molecule has 7 nitrogen and oxygen atoms in total. The van der Waals surface area contributed by atoms with E-state index in [1.165, 1.54) is 24.3 Å². The molecule has 8 heteroatoms. The molecule has 24 heavy (non-hydrogen) atoms. The lowest BCUT2D eigenvalue weighted by Gasteiger charge is -2.07. The first-order valence-electron chi connectivity index (χ1n) is 7.23. The van der Waals surface area contributed by atoms with E-state index >= 15 is 0 Å². The van der Waals surface area contributed by atoms with E-state index in [9.17, 15) is 13.2 Å². The minimum atomic E-state index is -3.73. The summed E-state index contributed by atoms with van der Waals surface area (Å²) in [5.41, 5.74) is 1.48. The molecule has 126 valence electrons. The molecule has 1 aliphatic heterocycles. The lowest BCUT2D eigenvalue weighted by molar-refractivity contribution is -0.116. The summed E-state index contributed by atoms with van der Waals surface area (Å²) in [5.74, 6) is 1.22. The Kier molecular flexibility index (Phi) is 4.41. The number of carbonyl (C=O) groups excluding carboxylic acids is 1. The van der Waals surface area contributed by atoms with Crippen LogP contribution in [0, 0.1) is 0 Å². The van der Waals surface area contributed by atoms with E-state index in [1.54, 1.807) is 0 Å². The highest BCUT2D eigenvalue weighted by molar-refractivity contribution is 7.89. The van der Waals surface area contributed by atoms with Crippen LogP contribution in [0.1, 0.15) is 12.0 Å². The van der Waals surface area contributed by atoms with Gasteiger partial charge in [-0.15, -0.1) is 0 Å². The molecule has 0 spiro atoms. The summed E-state index contributed by atoms with van der Waals surface area (Å²) in [4.78, 5) is 12.0. The molecule has 0 radical (unpaired) electrons. The average molecular weight is 348 g/mol. The number of fused-ring (bicyclic) bond motifs is 1. The van der Waals surface area contributed by atoms with Crippen LogP contribution >= 0.6 is 0 Å². The van der Waals surface area contributed by atoms with Gasteiger partial charge in [0, 0.05) is 12.1 Å². The second-order valence-electron chi connectivity index (χ2n) is 5.31. The first kappa shape index (κ1) is 16.3. The molecule has 0 aromatic heterocycles. The third kappa shape index (κ3) is 3.84. The van der Waals surface area contributed by atoms with Gasteiger partial charge in [0.15, 0.2) is 11.5 Å². The molecule has 1 heterocycles. The standard InChI is InChI=1S/C16H16N2O5S/c17-24(20,21)13-5-3-12(4-6-13)18-16(19)8-2-11-1-7-14-15(9-11)23-10-22-14/h1,3-7,9H,2,8,10H2,(H,18,19)(H2,17,20,21). The van der Waals surface area contributed by atoms with Crippen LogP contribution in [0.2, 0.25) is 0 Å². The van der Waals surface area contributed by atoms with Crippen molar-refractivity contribution in [2.45, 2.75) is 17.7 Å². The molecule has 2 aromatic rings. The van der Waals surface area contributed by atoms with Gasteiger partial charge in [0.05, 0.1) is 4.90 Å². The normalized spacial score (nSPS) is 12.9. The van der Waals surface area contributed by atoms with Crippen molar-refractivity contribution in [2.75, 3.05) is 12.1 Å². The number of aryl methyl sites for hydroxylation is 1. The largest absolute Gasteiger partial charge is 0.454 e. The molecule has 0 bridgehead atoms. The molecule has 0 fully saturated rings. The fraction of sp³-hybridized carbons (Fsp3) is 0.188. The maximum absolute atomic E-state index is 12.0. The summed E-state index contributed by atoms with van der Waals surface area (Å²) in [6.45, 7) is 0.216. The van der Waals surface area contributed by atoms with Crippen LogP contribution < -0.4 is 19.9 Å². The Morgan fingerprint density at radius 2 is 1.79 bits per heavy atom. The van der Waals surface area contributed by atoms with E-state index in [2.05, 4.69) is 5.32 Å². The summed E-state index contributed by atoms with van der Waals surface area (Å²) in [7, 11) is -3.73. The zero-order valence-electron chi connectivity index (χ0n) is 12.7. The first-order valence-corrected chi connectivity index (χ1v) is 8.78. The number of hydrogen-bond acceptors (Lipinski definition) is 5. The highest BCUT2D eigenvalue weighted by Crippen LogP contribution is 2.32. The van der Waals surface area contributed by atoms with Gasteiger partial charge in [-0.2, -0.15) is 0 Å². The number of primary sulfonamides is 1. The number of ether oxygens (including phenoxy) is 2. The van der Waals surface area contributed by atoms with E-state index in [-0.39, 0.29) is 24.0 Å². The average Bonchev–Trinajstić information content (AvgIpc) is 3.00. The second-order valence-corrected chi connectivity index (χ2v) is 6.87. The zero-order valence-corrected chi connectivity index (χ0v) is 13.5. The number of sulfonamides is 1. The van der Waals surface area contributed by atoms with Crippen molar-refractivity contribution >= 4 is 21.6 Å². The number of anilines is 1. The Morgan fingerprint density at radius 1 is 1.08 bits per heavy atom. The van der Waals surface area contributed by atoms with E-state index in [4.69, 9.17) is 14.6 Å². The van der Waals surface area contributed by atoms with E-state index < -0.39 is 10.0 Å². The van der Waals surface area contributed by atoms with Gasteiger partial charge in [0.25, 0.3) is 0 Å². The van der Waals surface area contributed by atoms with Crippen molar-refractivity contribution in [3.8, 4) is 11.5 Å². The molecule has 0 unspecified atom stereocenters. The summed E-state index contributed by atoms with van der Waals surface area (Å²) >= 11 is 0. The lowest BCUT2D eigenvalue weighted by Crippen LogP contribution is -2.14. The van der Waals surface area contributed by atoms with Gasteiger partial charge in [-0.3, -0.25) is 4.79 Å². The monoisotopic (exact) mass is 348 g/mol. The summed E-state index contributed by atoms with van der Waals surface area (Å²) < 4.78 is 32.9. The van der Waals surface area contributed by atoms with E-state index in [0.717, 1.165) is 5.56 Å². The molecule has 1 amide bonds. The Labute approximate surface area is 139 Å². The molecule has 3 N–H and O–H groups in total. The fourth-order valence-corrected chi connectivity index (χ4v) is 2.82. The summed E-state index contributed by atoms with van der Waals surface area (Å²) in [6, 6.07) is 11.3. The molecule has 3 rings (SSSR count). The van der Waals surface area contributed by atoms with Gasteiger partial charge in [0.2, 0.25) is 22.7 Å². The molecule has 0 saturated heterocycles. The van der Waals surface area contributed by atoms with Crippen molar-refractivity contribution in [2.24, 2.45) is 5.14 Å². The summed E-state index contributed by atoms with van der Waals surface area (Å²) in [6.07, 6.45) is 0.842. The lowest BCUT2D eigenvalue weighted by atomic mass is 10.1. The number of amides is 1. The van der Waals surface area contributed by atoms with Crippen LogP contribution in [0.25, 0.3) is 0 Å². The van der Waals surface area contributed by atoms with Crippen LogP contribution in [0.3, 0.4) is 0 Å². The fourth-order valence-electron chi connectivity index (χ4n) is 2.31. The minimum Gasteiger partial charge on any atom is -0.454 e. The van der Waals surface area contributed by atoms with Crippen molar-refractivity contribution in [1.29, 1.82) is 0 Å². The Bertz CT molecular complexity index is 863. The SMILES string of the molecule is NS(=O)(=O)c1ccc(NC(=O)CCc2ccc3c(c2)OCO3)cc1. The molecule has 0 saturated carbocycles. The number of benzene rings is 2. The van der Waals surface area contributed by atoms with Crippen molar-refractivity contribution in [3.63, 3.8) is 0 Å². The highest BCUT2D eigenvalue weighted by Gasteiger charge is 2.14. The van der Waals surface area contributed by atoms with Crippen LogP contribution in [-0.4, -0.2) is 21.1 Å². The highest BCUT2D eigenvalue weighted by atomic mass is 32.2. The van der Waals surface area contributed by atoms with Gasteiger partial charge in [0.1, 0.15) is 0 Å². The number of carbonyl (C=O) groups is 1. The maximum Gasteiger partial charge on any atom is 0.238 e. The van der Waals surface area contributed by atoms with E-state index in [1.807, 2.05) is 18.2 Å². The van der Waals surface area contributed by atoms with Gasteiger partial charge >= 0.3 is 0 Å². The first-order chi connectivity index (χ1) is 11.4. The smallest absolute Gasteiger partial charge is 0.238 e. The predicted molar refractivity (Wildman–Crippen MR) is 87.3 cm³/mol. The molecular formula is C16H16N2O5S. The molecular weight excluding hydrogens is 332 g/mol. The minimum absolute atomic E-state index is 0.000795. The van der Waals surface area contributed by atoms with Gasteiger partial charge < -0.3 is 14.8 Å². The zero-order chi connectivity index (χ0) is 17.2. The number of nitrogens with one attached hydrogen (secondary N) is 1. The summed E-state index contributed by atoms with van der Waals surface area (Å²) in [5, 5.41) is 7.74. The van der Waals surface area contributed by atoms with Crippen molar-refractivity contribution in [1.82, 2.24) is 0 Å². The van der Waals surface area contributed by atoms with Gasteiger partial charge in [-0.05, 0) is 48.4 Å². The molecule has 0 aliphatic carbocycles. The van der Waals surface area contributed by atoms with Crippen molar-refractivity contribution < 1.29 is 22.7 Å². The predicted octanol–water partition coefficient (Wildman–Crippen LogP) is 1.63. The molecule has 0 atom stereocenters. The second kappa shape index (κ2) is 6.50. The van der Waals surface area contributed by atoms with Gasteiger partial charge in [-0.1, -0.05) is 6.07 Å².